The predicted octanol–water partition coefficient (Wildman–Crippen LogP) is 5.08. The molecule has 3 aliphatic rings. The number of benzene rings is 2. The number of rotatable bonds is 6. The van der Waals surface area contributed by atoms with Crippen molar-refractivity contribution in [2.75, 3.05) is 13.2 Å². The Hall–Kier alpha value is -1.64. The lowest BCUT2D eigenvalue weighted by Crippen LogP contribution is -2.49. The van der Waals surface area contributed by atoms with Crippen LogP contribution in [0.3, 0.4) is 0 Å². The third kappa shape index (κ3) is 1.54. The van der Waals surface area contributed by atoms with Crippen molar-refractivity contribution in [1.82, 2.24) is 0 Å². The Morgan fingerprint density at radius 2 is 1.15 bits per heavy atom. The fraction of sp³-hybridized carbons (Fsp3) is 0.500. The van der Waals surface area contributed by atoms with Crippen LogP contribution in [0.15, 0.2) is 60.7 Å². The molecule has 0 amide bonds. The molecule has 136 valence electrons. The minimum atomic E-state index is -0.526. The summed E-state index contributed by atoms with van der Waals surface area (Å²) in [7, 11) is 0. The lowest BCUT2D eigenvalue weighted by atomic mass is 9.54. The van der Waals surface area contributed by atoms with E-state index >= 15 is 0 Å². The summed E-state index contributed by atoms with van der Waals surface area (Å²) in [6, 6.07) is 22.1. The smallest absolute Gasteiger partial charge is 0.190 e. The van der Waals surface area contributed by atoms with Crippen molar-refractivity contribution in [2.45, 2.75) is 49.7 Å². The van der Waals surface area contributed by atoms with Crippen molar-refractivity contribution in [3.05, 3.63) is 71.8 Å². The van der Waals surface area contributed by atoms with Crippen LogP contribution in [-0.4, -0.2) is 19.0 Å². The van der Waals surface area contributed by atoms with Crippen LogP contribution in [0, 0.1) is 11.8 Å². The maximum atomic E-state index is 6.60. The minimum absolute atomic E-state index is 0.0458. The molecule has 2 aromatic carbocycles. The van der Waals surface area contributed by atoms with Gasteiger partial charge >= 0.3 is 0 Å². The summed E-state index contributed by atoms with van der Waals surface area (Å²) in [6.45, 7) is 5.57. The van der Waals surface area contributed by atoms with Gasteiger partial charge in [0.25, 0.3) is 0 Å². The Balaban J connectivity index is 1.78. The molecule has 0 N–H and O–H groups in total. The van der Waals surface area contributed by atoms with Crippen LogP contribution in [0.5, 0.6) is 0 Å². The van der Waals surface area contributed by atoms with Gasteiger partial charge < -0.3 is 9.47 Å². The van der Waals surface area contributed by atoms with Crippen LogP contribution >= 0.6 is 0 Å². The van der Waals surface area contributed by atoms with Gasteiger partial charge in [0.05, 0.1) is 10.8 Å². The maximum absolute atomic E-state index is 6.60. The first kappa shape index (κ1) is 16.5. The van der Waals surface area contributed by atoms with Crippen LogP contribution in [0.4, 0.5) is 0 Å². The van der Waals surface area contributed by atoms with E-state index in [1.807, 2.05) is 0 Å². The highest BCUT2D eigenvalue weighted by atomic mass is 16.7. The molecule has 3 fully saturated rings. The number of hydrogen-bond acceptors (Lipinski definition) is 2. The average Bonchev–Trinajstić information content (AvgIpc) is 2.90. The zero-order chi connectivity index (χ0) is 17.8. The lowest BCUT2D eigenvalue weighted by molar-refractivity contribution is -0.182. The molecule has 0 saturated heterocycles. The molecule has 0 spiro atoms. The second-order valence-electron chi connectivity index (χ2n) is 7.97. The van der Waals surface area contributed by atoms with Crippen molar-refractivity contribution < 1.29 is 9.47 Å². The van der Waals surface area contributed by atoms with E-state index in [1.54, 1.807) is 0 Å². The monoisotopic (exact) mass is 348 g/mol. The van der Waals surface area contributed by atoms with Crippen LogP contribution < -0.4 is 0 Å². The van der Waals surface area contributed by atoms with E-state index in [0.29, 0.717) is 25.0 Å². The van der Waals surface area contributed by atoms with E-state index in [0.717, 1.165) is 0 Å². The second-order valence-corrected chi connectivity index (χ2v) is 7.97. The van der Waals surface area contributed by atoms with E-state index in [1.165, 1.54) is 30.4 Å². The van der Waals surface area contributed by atoms with Gasteiger partial charge in [0.15, 0.2) is 5.79 Å². The molecule has 0 aromatic heterocycles. The standard InChI is InChI=1S/C24H28O2/c1-3-25-24(26-4-2)22(18-12-7-5-8-13-18)20-16-11-17-21(20)23(22,24)19-14-9-6-10-15-19/h5-10,12-15,20-21H,3-4,11,16-17H2,1-2H3. The van der Waals surface area contributed by atoms with Crippen LogP contribution in [0.1, 0.15) is 44.2 Å². The van der Waals surface area contributed by atoms with E-state index < -0.39 is 5.79 Å². The summed E-state index contributed by atoms with van der Waals surface area (Å²) in [6.07, 6.45) is 3.90. The largest absolute Gasteiger partial charge is 0.348 e. The fourth-order valence-electron chi connectivity index (χ4n) is 7.09. The summed E-state index contributed by atoms with van der Waals surface area (Å²) < 4.78 is 13.2. The highest BCUT2D eigenvalue weighted by molar-refractivity contribution is 5.66. The van der Waals surface area contributed by atoms with Crippen molar-refractivity contribution in [3.8, 4) is 0 Å². The molecule has 2 heteroatoms. The fourth-order valence-corrected chi connectivity index (χ4v) is 7.09. The number of hydrogen-bond donors (Lipinski definition) is 0. The van der Waals surface area contributed by atoms with E-state index in [9.17, 15) is 0 Å². The molecule has 2 nitrogen and oxygen atoms in total. The third-order valence-corrected chi connectivity index (χ3v) is 7.38. The van der Waals surface area contributed by atoms with Crippen molar-refractivity contribution in [3.63, 3.8) is 0 Å². The summed E-state index contributed by atoms with van der Waals surface area (Å²) in [4.78, 5) is 0. The van der Waals surface area contributed by atoms with Crippen molar-refractivity contribution in [2.24, 2.45) is 11.8 Å². The molecular formula is C24H28O2. The molecule has 0 radical (unpaired) electrons. The average molecular weight is 348 g/mol. The van der Waals surface area contributed by atoms with Crippen molar-refractivity contribution in [1.29, 1.82) is 0 Å². The van der Waals surface area contributed by atoms with E-state index in [-0.39, 0.29) is 10.8 Å². The normalized spacial score (nSPS) is 36.1. The van der Waals surface area contributed by atoms with Gasteiger partial charge in [-0.05, 0) is 49.7 Å². The predicted molar refractivity (Wildman–Crippen MR) is 103 cm³/mol. The first-order valence-electron chi connectivity index (χ1n) is 10.2. The van der Waals surface area contributed by atoms with Gasteiger partial charge in [0, 0.05) is 13.2 Å². The van der Waals surface area contributed by atoms with Crippen molar-refractivity contribution >= 4 is 0 Å². The molecule has 2 aromatic rings. The topological polar surface area (TPSA) is 18.5 Å². The van der Waals surface area contributed by atoms with Gasteiger partial charge in [-0.15, -0.1) is 0 Å². The van der Waals surface area contributed by atoms with Gasteiger partial charge in [-0.2, -0.15) is 0 Å². The van der Waals surface area contributed by atoms with Gasteiger partial charge in [0.2, 0.25) is 0 Å². The second kappa shape index (κ2) is 5.68. The van der Waals surface area contributed by atoms with Gasteiger partial charge in [-0.25, -0.2) is 0 Å². The molecule has 4 unspecified atom stereocenters. The molecule has 3 saturated carbocycles. The molecule has 4 atom stereocenters. The zero-order valence-electron chi connectivity index (χ0n) is 15.8. The van der Waals surface area contributed by atoms with Crippen LogP contribution in [-0.2, 0) is 20.3 Å². The Bertz CT molecular complexity index is 719. The molecule has 5 rings (SSSR count). The van der Waals surface area contributed by atoms with Gasteiger partial charge in [-0.3, -0.25) is 0 Å². The Morgan fingerprint density at radius 3 is 1.54 bits per heavy atom. The zero-order valence-corrected chi connectivity index (χ0v) is 15.8. The quantitative estimate of drug-likeness (QED) is 0.678. The minimum Gasteiger partial charge on any atom is -0.348 e. The van der Waals surface area contributed by atoms with E-state index in [4.69, 9.17) is 9.47 Å². The molecular weight excluding hydrogens is 320 g/mol. The molecule has 26 heavy (non-hydrogen) atoms. The Labute approximate surface area is 156 Å². The molecule has 0 heterocycles. The summed E-state index contributed by atoms with van der Waals surface area (Å²) >= 11 is 0. The Kier molecular flexibility index (Phi) is 3.61. The van der Waals surface area contributed by atoms with Gasteiger partial charge in [-0.1, -0.05) is 67.1 Å². The Morgan fingerprint density at radius 1 is 0.731 bits per heavy atom. The van der Waals surface area contributed by atoms with Crippen LogP contribution in [0.25, 0.3) is 0 Å². The van der Waals surface area contributed by atoms with E-state index in [2.05, 4.69) is 74.5 Å². The van der Waals surface area contributed by atoms with Gasteiger partial charge in [0.1, 0.15) is 0 Å². The number of ether oxygens (including phenoxy) is 2. The maximum Gasteiger partial charge on any atom is 0.190 e. The summed E-state index contributed by atoms with van der Waals surface area (Å²) in [5.74, 6) is 0.786. The summed E-state index contributed by atoms with van der Waals surface area (Å²) in [5.41, 5.74) is 2.70. The first-order valence-corrected chi connectivity index (χ1v) is 10.2. The first-order chi connectivity index (χ1) is 12.8. The molecule has 3 aliphatic carbocycles. The lowest BCUT2D eigenvalue weighted by Gasteiger charge is -2.46. The highest BCUT2D eigenvalue weighted by Crippen LogP contribution is 2.92. The third-order valence-electron chi connectivity index (χ3n) is 7.38. The number of fused-ring (bicyclic) bond motifs is 4. The van der Waals surface area contributed by atoms with Crippen LogP contribution in [0.2, 0.25) is 0 Å². The summed E-state index contributed by atoms with van der Waals surface area (Å²) in [5, 5.41) is 0. The highest BCUT2D eigenvalue weighted by Gasteiger charge is 3.02. The SMILES string of the molecule is CCOC1(OCC)C2(c3ccccc3)C3CCCC3C12c1ccccc1. The molecule has 0 aliphatic heterocycles. The molecule has 0 bridgehead atoms.